The van der Waals surface area contributed by atoms with E-state index >= 15 is 0 Å². The van der Waals surface area contributed by atoms with Crippen LogP contribution in [0.5, 0.6) is 5.75 Å². The van der Waals surface area contributed by atoms with E-state index in [1.165, 1.54) is 18.3 Å². The van der Waals surface area contributed by atoms with E-state index in [9.17, 15) is 20.0 Å². The summed E-state index contributed by atoms with van der Waals surface area (Å²) in [4.78, 5) is 25.9. The lowest BCUT2D eigenvalue weighted by Gasteiger charge is -2.15. The van der Waals surface area contributed by atoms with E-state index in [4.69, 9.17) is 9.47 Å². The van der Waals surface area contributed by atoms with Crippen LogP contribution in [0.2, 0.25) is 0 Å². The van der Waals surface area contributed by atoms with Gasteiger partial charge in [0.15, 0.2) is 0 Å². The molecule has 0 radical (unpaired) electrons. The highest BCUT2D eigenvalue weighted by atomic mass is 16.6. The average molecular weight is 404 g/mol. The fourth-order valence-electron chi connectivity index (χ4n) is 2.36. The highest BCUT2D eigenvalue weighted by Crippen LogP contribution is 2.19. The number of nitrogens with one attached hydrogen (secondary N) is 2. The Morgan fingerprint density at radius 3 is 2.76 bits per heavy atom. The van der Waals surface area contributed by atoms with E-state index in [0.29, 0.717) is 30.2 Å². The molecule has 0 amide bonds. The van der Waals surface area contributed by atoms with Gasteiger partial charge < -0.3 is 25.2 Å². The molecule has 0 bridgehead atoms. The van der Waals surface area contributed by atoms with Crippen LogP contribution in [-0.2, 0) is 4.74 Å². The number of aliphatic hydroxyl groups excluding tert-OH is 1. The minimum absolute atomic E-state index is 0.0146. The monoisotopic (exact) mass is 404 g/mol. The smallest absolute Gasteiger partial charge is 0.341 e. The summed E-state index contributed by atoms with van der Waals surface area (Å²) in [5.74, 6) is 0.411. The van der Waals surface area contributed by atoms with E-state index in [0.717, 1.165) is 0 Å². The van der Waals surface area contributed by atoms with Crippen LogP contribution in [0.25, 0.3) is 0 Å². The first-order valence-electron chi connectivity index (χ1n) is 9.13. The highest BCUT2D eigenvalue weighted by molar-refractivity contribution is 5.92. The van der Waals surface area contributed by atoms with Gasteiger partial charge in [0.2, 0.25) is 0 Å². The molecule has 29 heavy (non-hydrogen) atoms. The molecule has 0 saturated heterocycles. The summed E-state index contributed by atoms with van der Waals surface area (Å²) in [6, 6.07) is 9.60. The number of pyridine rings is 1. The molecule has 0 aliphatic rings. The van der Waals surface area contributed by atoms with E-state index in [2.05, 4.69) is 15.6 Å². The Bertz CT molecular complexity index is 800. The summed E-state index contributed by atoms with van der Waals surface area (Å²) in [7, 11) is 0. The van der Waals surface area contributed by atoms with Gasteiger partial charge in [-0.1, -0.05) is 12.1 Å². The summed E-state index contributed by atoms with van der Waals surface area (Å²) in [5.41, 5.74) is 0.246. The number of para-hydroxylation sites is 1. The van der Waals surface area contributed by atoms with E-state index < -0.39 is 17.0 Å². The fraction of sp³-hybridized carbons (Fsp3) is 0.368. The molecule has 10 nitrogen and oxygen atoms in total. The lowest BCUT2D eigenvalue weighted by molar-refractivity contribution is -0.385. The highest BCUT2D eigenvalue weighted by Gasteiger charge is 2.14. The average Bonchev–Trinajstić information content (AvgIpc) is 2.72. The van der Waals surface area contributed by atoms with Gasteiger partial charge >= 0.3 is 5.97 Å². The lowest BCUT2D eigenvalue weighted by atomic mass is 10.2. The molecule has 10 heteroatoms. The Kier molecular flexibility index (Phi) is 8.80. The van der Waals surface area contributed by atoms with Crippen molar-refractivity contribution >= 4 is 17.5 Å². The summed E-state index contributed by atoms with van der Waals surface area (Å²) in [6.07, 6.45) is 0.410. The molecule has 0 aliphatic heterocycles. The van der Waals surface area contributed by atoms with Crippen molar-refractivity contribution in [1.29, 1.82) is 0 Å². The van der Waals surface area contributed by atoms with Gasteiger partial charge in [-0.05, 0) is 25.1 Å². The van der Waals surface area contributed by atoms with Crippen LogP contribution >= 0.6 is 0 Å². The van der Waals surface area contributed by atoms with Crippen molar-refractivity contribution < 1.29 is 24.3 Å². The Morgan fingerprint density at radius 1 is 1.28 bits per heavy atom. The Balaban J connectivity index is 1.67. The summed E-state index contributed by atoms with van der Waals surface area (Å²) < 4.78 is 10.5. The third-order valence-electron chi connectivity index (χ3n) is 3.76. The third kappa shape index (κ3) is 7.35. The van der Waals surface area contributed by atoms with Crippen molar-refractivity contribution in [3.63, 3.8) is 0 Å². The number of anilines is 1. The summed E-state index contributed by atoms with van der Waals surface area (Å²) in [6.45, 7) is 3.35. The number of aliphatic hydroxyl groups is 1. The molecule has 0 aliphatic carbocycles. The van der Waals surface area contributed by atoms with Crippen molar-refractivity contribution in [3.05, 3.63) is 58.3 Å². The van der Waals surface area contributed by atoms with Crippen molar-refractivity contribution in [1.82, 2.24) is 10.3 Å². The maximum Gasteiger partial charge on any atom is 0.341 e. The van der Waals surface area contributed by atoms with Gasteiger partial charge in [-0.25, -0.2) is 9.78 Å². The molecule has 1 unspecified atom stereocenters. The maximum atomic E-state index is 11.9. The van der Waals surface area contributed by atoms with E-state index in [1.54, 1.807) is 31.2 Å². The number of benzene rings is 1. The van der Waals surface area contributed by atoms with Gasteiger partial charge in [0, 0.05) is 25.7 Å². The predicted molar refractivity (Wildman–Crippen MR) is 106 cm³/mol. The molecule has 0 spiro atoms. The second kappa shape index (κ2) is 11.6. The number of rotatable bonds is 12. The molecule has 1 atom stereocenters. The van der Waals surface area contributed by atoms with Crippen LogP contribution in [0.1, 0.15) is 17.3 Å². The predicted octanol–water partition coefficient (Wildman–Crippen LogP) is 1.61. The van der Waals surface area contributed by atoms with Crippen LogP contribution in [0.15, 0.2) is 42.6 Å². The number of carbonyl (C=O) groups excluding carboxylic acids is 1. The topological polar surface area (TPSA) is 136 Å². The molecular formula is C19H24N4O6. The largest absolute Gasteiger partial charge is 0.490 e. The number of carbonyl (C=O) groups is 1. The Morgan fingerprint density at radius 2 is 2.07 bits per heavy atom. The first-order chi connectivity index (χ1) is 14.0. The van der Waals surface area contributed by atoms with Crippen molar-refractivity contribution in [2.75, 3.05) is 38.2 Å². The third-order valence-corrected chi connectivity index (χ3v) is 3.76. The van der Waals surface area contributed by atoms with Crippen LogP contribution in [0.4, 0.5) is 11.5 Å². The zero-order valence-corrected chi connectivity index (χ0v) is 16.0. The van der Waals surface area contributed by atoms with Crippen molar-refractivity contribution in [2.45, 2.75) is 13.0 Å². The van der Waals surface area contributed by atoms with Crippen molar-refractivity contribution in [3.8, 4) is 5.75 Å². The van der Waals surface area contributed by atoms with Gasteiger partial charge in [-0.3, -0.25) is 10.1 Å². The number of ether oxygens (including phenoxy) is 2. The molecule has 2 rings (SSSR count). The van der Waals surface area contributed by atoms with Crippen LogP contribution in [0.3, 0.4) is 0 Å². The van der Waals surface area contributed by atoms with Crippen LogP contribution < -0.4 is 15.4 Å². The van der Waals surface area contributed by atoms with Gasteiger partial charge in [-0.2, -0.15) is 0 Å². The molecule has 0 saturated carbocycles. The quantitative estimate of drug-likeness (QED) is 0.209. The van der Waals surface area contributed by atoms with E-state index in [1.807, 2.05) is 0 Å². The molecule has 1 aromatic heterocycles. The normalized spacial score (nSPS) is 11.5. The zero-order valence-electron chi connectivity index (χ0n) is 16.0. The van der Waals surface area contributed by atoms with Crippen molar-refractivity contribution in [2.24, 2.45) is 0 Å². The molecule has 1 heterocycles. The summed E-state index contributed by atoms with van der Waals surface area (Å²) >= 11 is 0. The van der Waals surface area contributed by atoms with Gasteiger partial charge in [-0.15, -0.1) is 0 Å². The van der Waals surface area contributed by atoms with E-state index in [-0.39, 0.29) is 25.4 Å². The summed E-state index contributed by atoms with van der Waals surface area (Å²) in [5, 5.41) is 26.7. The molecule has 2 aromatic rings. The fourth-order valence-corrected chi connectivity index (χ4v) is 2.36. The number of hydrogen-bond acceptors (Lipinski definition) is 9. The molecule has 3 N–H and O–H groups in total. The lowest BCUT2D eigenvalue weighted by Crippen LogP contribution is -2.34. The first-order valence-corrected chi connectivity index (χ1v) is 9.13. The maximum absolute atomic E-state index is 11.9. The number of nitrogens with zero attached hydrogens (tertiary/aromatic N) is 2. The van der Waals surface area contributed by atoms with Gasteiger partial charge in [0.05, 0.1) is 11.5 Å². The second-order valence-corrected chi connectivity index (χ2v) is 5.97. The second-order valence-electron chi connectivity index (χ2n) is 5.97. The molecule has 156 valence electrons. The SMILES string of the molecule is CCOC(=O)c1ccccc1OCC(O)CNCCNc1ccc([N+](=O)[O-])cn1. The molecular weight excluding hydrogens is 380 g/mol. The first kappa shape index (κ1) is 22.1. The number of esters is 1. The number of nitro groups is 1. The molecule has 0 fully saturated rings. The minimum atomic E-state index is -0.775. The van der Waals surface area contributed by atoms with Crippen LogP contribution in [0, 0.1) is 10.1 Å². The Labute approximate surface area is 168 Å². The van der Waals surface area contributed by atoms with Crippen LogP contribution in [-0.4, -0.2) is 59.9 Å². The number of aromatic nitrogens is 1. The van der Waals surface area contributed by atoms with Gasteiger partial charge in [0.25, 0.3) is 5.69 Å². The van der Waals surface area contributed by atoms with Gasteiger partial charge in [0.1, 0.15) is 36.0 Å². The standard InChI is InChI=1S/C19H24N4O6/c1-2-28-19(25)16-5-3-4-6-17(16)29-13-15(24)12-20-9-10-21-18-8-7-14(11-22-18)23(26)27/h3-8,11,15,20,24H,2,9-10,12-13H2,1H3,(H,21,22). The Hall–Kier alpha value is -3.24. The minimum Gasteiger partial charge on any atom is -0.490 e. The zero-order chi connectivity index (χ0) is 21.1. The molecule has 1 aromatic carbocycles. The number of hydrogen-bond donors (Lipinski definition) is 3.